The molecular weight excluding hydrogens is 435 g/mol. The molecule has 31 heavy (non-hydrogen) atoms. The van der Waals surface area contributed by atoms with E-state index in [0.29, 0.717) is 15.8 Å². The van der Waals surface area contributed by atoms with E-state index >= 15 is 0 Å². The Labute approximate surface area is 190 Å². The summed E-state index contributed by atoms with van der Waals surface area (Å²) in [6.45, 7) is 0. The van der Waals surface area contributed by atoms with Gasteiger partial charge < -0.3 is 14.2 Å². The molecule has 5 rings (SSSR count). The van der Waals surface area contributed by atoms with Gasteiger partial charge in [-0.05, 0) is 54.1 Å². The molecule has 5 nitrogen and oxygen atoms in total. The Hall–Kier alpha value is -2.89. The van der Waals surface area contributed by atoms with Crippen molar-refractivity contribution < 1.29 is 14.2 Å². The highest BCUT2D eigenvalue weighted by Crippen LogP contribution is 2.49. The van der Waals surface area contributed by atoms with E-state index in [0.717, 1.165) is 40.3 Å². The van der Waals surface area contributed by atoms with Gasteiger partial charge in [0.15, 0.2) is 0 Å². The number of fused-ring (bicyclic) bond motifs is 3. The number of ether oxygens (including phenoxy) is 3. The normalized spacial score (nSPS) is 19.2. The van der Waals surface area contributed by atoms with Crippen LogP contribution < -0.4 is 14.2 Å². The second-order valence-electron chi connectivity index (χ2n) is 7.41. The van der Waals surface area contributed by atoms with Crippen LogP contribution in [0.15, 0.2) is 65.8 Å². The van der Waals surface area contributed by atoms with Crippen molar-refractivity contribution in [3.05, 3.63) is 87.4 Å². The summed E-state index contributed by atoms with van der Waals surface area (Å²) >= 11 is 12.4. The van der Waals surface area contributed by atoms with Crippen LogP contribution in [0.1, 0.15) is 35.4 Å². The van der Waals surface area contributed by atoms with Crippen molar-refractivity contribution in [1.82, 2.24) is 5.01 Å². The standard InChI is InChI=1S/C24H20Cl2N2O3/c1-29-17-8-10-22(30-2)19(12-17)24-28-21(18-11-16(26)7-9-23(18)31-24)13-20(27-28)14-3-5-15(25)6-4-14/h3-12,21,24H,13H2,1-2H3. The number of halogens is 2. The van der Waals surface area contributed by atoms with Gasteiger partial charge in [0.25, 0.3) is 0 Å². The van der Waals surface area contributed by atoms with E-state index in [1.54, 1.807) is 14.2 Å². The zero-order chi connectivity index (χ0) is 21.5. The van der Waals surface area contributed by atoms with Gasteiger partial charge in [0, 0.05) is 22.0 Å². The topological polar surface area (TPSA) is 43.3 Å². The van der Waals surface area contributed by atoms with E-state index < -0.39 is 6.23 Å². The molecule has 0 saturated heterocycles. The van der Waals surface area contributed by atoms with Crippen LogP contribution in [0.3, 0.4) is 0 Å². The molecule has 0 saturated carbocycles. The molecule has 2 aliphatic rings. The van der Waals surface area contributed by atoms with Crippen LogP contribution in [0.2, 0.25) is 10.0 Å². The van der Waals surface area contributed by atoms with Crippen LogP contribution >= 0.6 is 23.2 Å². The highest BCUT2D eigenvalue weighted by atomic mass is 35.5. The first-order valence-corrected chi connectivity index (χ1v) is 10.6. The first kappa shape index (κ1) is 20.0. The van der Waals surface area contributed by atoms with Gasteiger partial charge in [-0.15, -0.1) is 0 Å². The third-order valence-corrected chi connectivity index (χ3v) is 6.12. The Kier molecular flexibility index (Phi) is 5.16. The fraction of sp³-hybridized carbons (Fsp3) is 0.208. The fourth-order valence-corrected chi connectivity index (χ4v) is 4.42. The maximum Gasteiger partial charge on any atom is 0.217 e. The minimum absolute atomic E-state index is 0.0194. The van der Waals surface area contributed by atoms with Crippen molar-refractivity contribution >= 4 is 28.9 Å². The average Bonchev–Trinajstić information content (AvgIpc) is 3.24. The monoisotopic (exact) mass is 454 g/mol. The van der Waals surface area contributed by atoms with Gasteiger partial charge in [-0.2, -0.15) is 5.10 Å². The summed E-state index contributed by atoms with van der Waals surface area (Å²) in [5.74, 6) is 2.21. The van der Waals surface area contributed by atoms with Crippen LogP contribution in [0.5, 0.6) is 17.2 Å². The summed E-state index contributed by atoms with van der Waals surface area (Å²) in [6, 6.07) is 19.1. The molecule has 7 heteroatoms. The molecule has 3 aromatic rings. The number of hydrogen-bond acceptors (Lipinski definition) is 5. The van der Waals surface area contributed by atoms with Gasteiger partial charge in [0.1, 0.15) is 17.2 Å². The zero-order valence-corrected chi connectivity index (χ0v) is 18.5. The summed E-state index contributed by atoms with van der Waals surface area (Å²) in [5.41, 5.74) is 3.84. The van der Waals surface area contributed by atoms with Gasteiger partial charge >= 0.3 is 0 Å². The third kappa shape index (κ3) is 3.58. The maximum atomic E-state index is 6.44. The number of hydrazone groups is 1. The van der Waals surface area contributed by atoms with Crippen molar-refractivity contribution in [2.45, 2.75) is 18.7 Å². The fourth-order valence-electron chi connectivity index (χ4n) is 4.11. The average molecular weight is 455 g/mol. The van der Waals surface area contributed by atoms with Crippen LogP contribution in [0.4, 0.5) is 0 Å². The highest BCUT2D eigenvalue weighted by Gasteiger charge is 2.42. The minimum atomic E-state index is -0.478. The number of rotatable bonds is 4. The molecule has 0 aromatic heterocycles. The Morgan fingerprint density at radius 3 is 2.42 bits per heavy atom. The number of methoxy groups -OCH3 is 2. The van der Waals surface area contributed by atoms with Gasteiger partial charge in [-0.3, -0.25) is 0 Å². The second kappa shape index (κ2) is 7.98. The lowest BCUT2D eigenvalue weighted by molar-refractivity contribution is -0.0204. The van der Waals surface area contributed by atoms with Crippen molar-refractivity contribution in [1.29, 1.82) is 0 Å². The molecule has 0 bridgehead atoms. The minimum Gasteiger partial charge on any atom is -0.497 e. The van der Waals surface area contributed by atoms with Crippen LogP contribution in [-0.2, 0) is 0 Å². The zero-order valence-electron chi connectivity index (χ0n) is 17.0. The smallest absolute Gasteiger partial charge is 0.217 e. The molecule has 2 atom stereocenters. The van der Waals surface area contributed by atoms with Crippen molar-refractivity contribution in [3.8, 4) is 17.2 Å². The first-order valence-electron chi connectivity index (χ1n) is 9.87. The molecule has 0 amide bonds. The number of benzene rings is 3. The quantitative estimate of drug-likeness (QED) is 0.466. The Morgan fingerprint density at radius 1 is 0.903 bits per heavy atom. The lowest BCUT2D eigenvalue weighted by Gasteiger charge is -2.38. The molecule has 3 aromatic carbocycles. The predicted molar refractivity (Wildman–Crippen MR) is 122 cm³/mol. The third-order valence-electron chi connectivity index (χ3n) is 5.63. The first-order chi connectivity index (χ1) is 15.1. The van der Waals surface area contributed by atoms with E-state index in [4.69, 9.17) is 42.5 Å². The molecular formula is C24H20Cl2N2O3. The lowest BCUT2D eigenvalue weighted by atomic mass is 9.96. The van der Waals surface area contributed by atoms with Crippen LogP contribution in [0.25, 0.3) is 0 Å². The summed E-state index contributed by atoms with van der Waals surface area (Å²) < 4.78 is 17.5. The van der Waals surface area contributed by atoms with Gasteiger partial charge in [0.2, 0.25) is 6.23 Å². The van der Waals surface area contributed by atoms with Crippen molar-refractivity contribution in [3.63, 3.8) is 0 Å². The van der Waals surface area contributed by atoms with E-state index in [1.165, 1.54) is 0 Å². The summed E-state index contributed by atoms with van der Waals surface area (Å²) in [7, 11) is 3.28. The Bertz CT molecular complexity index is 1160. The SMILES string of the molecule is COc1ccc(OC)c(C2Oc3ccc(Cl)cc3C3CC(c4ccc(Cl)cc4)=NN32)c1. The van der Waals surface area contributed by atoms with Gasteiger partial charge in [0.05, 0.1) is 31.5 Å². The Morgan fingerprint density at radius 2 is 1.68 bits per heavy atom. The van der Waals surface area contributed by atoms with Crippen molar-refractivity contribution in [2.24, 2.45) is 5.10 Å². The van der Waals surface area contributed by atoms with E-state index in [-0.39, 0.29) is 6.04 Å². The van der Waals surface area contributed by atoms with Crippen LogP contribution in [0, 0.1) is 0 Å². The molecule has 2 unspecified atom stereocenters. The van der Waals surface area contributed by atoms with Crippen molar-refractivity contribution in [2.75, 3.05) is 14.2 Å². The highest BCUT2D eigenvalue weighted by molar-refractivity contribution is 6.31. The van der Waals surface area contributed by atoms with E-state index in [2.05, 4.69) is 0 Å². The molecule has 0 N–H and O–H groups in total. The lowest BCUT2D eigenvalue weighted by Crippen LogP contribution is -2.34. The molecule has 2 aliphatic heterocycles. The largest absolute Gasteiger partial charge is 0.497 e. The van der Waals surface area contributed by atoms with E-state index in [9.17, 15) is 0 Å². The van der Waals surface area contributed by atoms with E-state index in [1.807, 2.05) is 65.7 Å². The van der Waals surface area contributed by atoms with Crippen LogP contribution in [-0.4, -0.2) is 24.9 Å². The molecule has 0 radical (unpaired) electrons. The molecule has 158 valence electrons. The van der Waals surface area contributed by atoms with Gasteiger partial charge in [-0.25, -0.2) is 5.01 Å². The number of nitrogens with zero attached hydrogens (tertiary/aromatic N) is 2. The number of hydrogen-bond donors (Lipinski definition) is 0. The second-order valence-corrected chi connectivity index (χ2v) is 8.29. The predicted octanol–water partition coefficient (Wildman–Crippen LogP) is 6.25. The summed E-state index contributed by atoms with van der Waals surface area (Å²) in [4.78, 5) is 0. The maximum absolute atomic E-state index is 6.44. The Balaban J connectivity index is 1.63. The van der Waals surface area contributed by atoms with Gasteiger partial charge in [-0.1, -0.05) is 35.3 Å². The molecule has 0 spiro atoms. The molecule has 0 aliphatic carbocycles. The molecule has 2 heterocycles. The summed E-state index contributed by atoms with van der Waals surface area (Å²) in [6.07, 6.45) is 0.245. The summed E-state index contributed by atoms with van der Waals surface area (Å²) in [5, 5.41) is 8.32. The molecule has 0 fully saturated rings.